The molecule has 1 saturated heterocycles. The van der Waals surface area contributed by atoms with Crippen molar-refractivity contribution in [3.05, 3.63) is 59.1 Å². The van der Waals surface area contributed by atoms with E-state index in [4.69, 9.17) is 16.6 Å². The van der Waals surface area contributed by atoms with Gasteiger partial charge >= 0.3 is 0 Å². The molecule has 1 aliphatic heterocycles. The summed E-state index contributed by atoms with van der Waals surface area (Å²) < 4.78 is 5.18. The van der Waals surface area contributed by atoms with Gasteiger partial charge in [0, 0.05) is 0 Å². The second-order valence-electron chi connectivity index (χ2n) is 5.19. The second kappa shape index (κ2) is 5.81. The fraction of sp³-hybridized carbons (Fsp3) is 0.118. The predicted molar refractivity (Wildman–Crippen MR) is 90.8 cm³/mol. The molecule has 0 atom stereocenters. The van der Waals surface area contributed by atoms with Crippen molar-refractivity contribution in [1.29, 1.82) is 0 Å². The number of furan rings is 1. The molecule has 2 amide bonds. The Hall–Kier alpha value is -2.73. The average Bonchev–Trinajstić information content (AvgIpc) is 3.01. The maximum atomic E-state index is 12.8. The number of aryl methyl sites for hydroxylation is 1. The summed E-state index contributed by atoms with van der Waals surface area (Å²) in [5.74, 6) is -0.570. The molecule has 1 aromatic heterocycles. The van der Waals surface area contributed by atoms with Crippen LogP contribution in [0.5, 0.6) is 0 Å². The molecule has 1 aliphatic rings. The molecular formula is C17H14N2O3S. The van der Waals surface area contributed by atoms with Crippen LogP contribution < -0.4 is 10.2 Å². The summed E-state index contributed by atoms with van der Waals surface area (Å²) in [7, 11) is 0. The third-order valence-electron chi connectivity index (χ3n) is 3.75. The number of anilines is 1. The van der Waals surface area contributed by atoms with E-state index in [1.165, 1.54) is 17.2 Å². The van der Waals surface area contributed by atoms with Gasteiger partial charge in [-0.2, -0.15) is 0 Å². The molecule has 0 spiro atoms. The monoisotopic (exact) mass is 326 g/mol. The fourth-order valence-electron chi connectivity index (χ4n) is 2.37. The first-order chi connectivity index (χ1) is 11.0. The molecule has 3 rings (SSSR count). The first-order valence-corrected chi connectivity index (χ1v) is 7.41. The largest absolute Gasteiger partial charge is 0.465 e. The molecule has 0 saturated carbocycles. The highest BCUT2D eigenvalue weighted by molar-refractivity contribution is 7.80. The van der Waals surface area contributed by atoms with Gasteiger partial charge in [0.25, 0.3) is 11.8 Å². The van der Waals surface area contributed by atoms with Gasteiger partial charge in [0.1, 0.15) is 11.3 Å². The van der Waals surface area contributed by atoms with Crippen molar-refractivity contribution < 1.29 is 14.0 Å². The number of hydrogen-bond donors (Lipinski definition) is 1. The van der Waals surface area contributed by atoms with Crippen molar-refractivity contribution in [3.63, 3.8) is 0 Å². The van der Waals surface area contributed by atoms with Crippen molar-refractivity contribution in [2.24, 2.45) is 0 Å². The Bertz CT molecular complexity index is 838. The molecule has 0 aliphatic carbocycles. The molecule has 23 heavy (non-hydrogen) atoms. The summed E-state index contributed by atoms with van der Waals surface area (Å²) in [6.07, 6.45) is 2.89. The van der Waals surface area contributed by atoms with E-state index < -0.39 is 11.8 Å². The van der Waals surface area contributed by atoms with E-state index in [1.54, 1.807) is 18.2 Å². The van der Waals surface area contributed by atoms with Crippen LogP contribution >= 0.6 is 12.2 Å². The molecule has 1 fully saturated rings. The van der Waals surface area contributed by atoms with Gasteiger partial charge in [-0.15, -0.1) is 0 Å². The van der Waals surface area contributed by atoms with E-state index in [9.17, 15) is 9.59 Å². The maximum absolute atomic E-state index is 12.8. The zero-order valence-corrected chi connectivity index (χ0v) is 13.4. The van der Waals surface area contributed by atoms with Crippen LogP contribution in [0.3, 0.4) is 0 Å². The summed E-state index contributed by atoms with van der Waals surface area (Å²) in [6.45, 7) is 3.86. The normalized spacial score (nSPS) is 16.9. The zero-order valence-electron chi connectivity index (χ0n) is 12.6. The van der Waals surface area contributed by atoms with Gasteiger partial charge in [-0.1, -0.05) is 12.1 Å². The van der Waals surface area contributed by atoms with E-state index >= 15 is 0 Å². The Morgan fingerprint density at radius 1 is 1.17 bits per heavy atom. The van der Waals surface area contributed by atoms with Crippen LogP contribution in [-0.2, 0) is 9.59 Å². The summed E-state index contributed by atoms with van der Waals surface area (Å²) in [6, 6.07) is 8.95. The Balaban J connectivity index is 2.07. The van der Waals surface area contributed by atoms with Crippen molar-refractivity contribution in [3.8, 4) is 0 Å². The van der Waals surface area contributed by atoms with Crippen molar-refractivity contribution in [1.82, 2.24) is 5.32 Å². The molecule has 2 heterocycles. The molecule has 0 radical (unpaired) electrons. The first-order valence-electron chi connectivity index (χ1n) is 7.00. The van der Waals surface area contributed by atoms with Crippen LogP contribution in [-0.4, -0.2) is 16.9 Å². The quantitative estimate of drug-likeness (QED) is 0.524. The molecule has 2 aromatic rings. The smallest absolute Gasteiger partial charge is 0.270 e. The number of carbonyl (C=O) groups excluding carboxylic acids is 2. The highest BCUT2D eigenvalue weighted by Crippen LogP contribution is 2.27. The number of nitrogens with zero attached hydrogens (tertiary/aromatic N) is 1. The molecule has 6 heteroatoms. The SMILES string of the molecule is Cc1cccc(N2C(=O)/C(=C/c3ccco3)C(=O)NC2=S)c1C. The van der Waals surface area contributed by atoms with Gasteiger partial charge in [-0.25, -0.2) is 0 Å². The van der Waals surface area contributed by atoms with Crippen molar-refractivity contribution in [2.75, 3.05) is 4.90 Å². The lowest BCUT2D eigenvalue weighted by Crippen LogP contribution is -2.54. The van der Waals surface area contributed by atoms with Crippen molar-refractivity contribution >= 4 is 40.9 Å². The fourth-order valence-corrected chi connectivity index (χ4v) is 2.64. The molecule has 1 aromatic carbocycles. The van der Waals surface area contributed by atoms with E-state index in [1.807, 2.05) is 26.0 Å². The van der Waals surface area contributed by atoms with Gasteiger partial charge < -0.3 is 4.42 Å². The Kier molecular flexibility index (Phi) is 3.83. The molecule has 116 valence electrons. The number of rotatable bonds is 2. The van der Waals surface area contributed by atoms with Crippen molar-refractivity contribution in [2.45, 2.75) is 13.8 Å². The number of amides is 2. The second-order valence-corrected chi connectivity index (χ2v) is 5.58. The standard InChI is InChI=1S/C17H14N2O3S/c1-10-5-3-7-14(11(10)2)19-16(21)13(15(20)18-17(19)23)9-12-6-4-8-22-12/h3-9H,1-2H3,(H,18,20,23)/b13-9+. The highest BCUT2D eigenvalue weighted by Gasteiger charge is 2.35. The van der Waals surface area contributed by atoms with Crippen LogP contribution in [0.1, 0.15) is 16.9 Å². The number of hydrogen-bond acceptors (Lipinski definition) is 4. The lowest BCUT2D eigenvalue weighted by molar-refractivity contribution is -0.122. The van der Waals surface area contributed by atoms with Crippen LogP contribution in [0, 0.1) is 13.8 Å². The molecule has 5 nitrogen and oxygen atoms in total. The maximum Gasteiger partial charge on any atom is 0.270 e. The average molecular weight is 326 g/mol. The number of benzene rings is 1. The molecule has 0 bridgehead atoms. The third kappa shape index (κ3) is 2.68. The van der Waals surface area contributed by atoms with E-state index in [0.717, 1.165) is 11.1 Å². The molecule has 0 unspecified atom stereocenters. The van der Waals surface area contributed by atoms with E-state index in [-0.39, 0.29) is 10.7 Å². The first kappa shape index (κ1) is 15.2. The zero-order chi connectivity index (χ0) is 16.6. The molecular weight excluding hydrogens is 312 g/mol. The Morgan fingerprint density at radius 2 is 1.96 bits per heavy atom. The predicted octanol–water partition coefficient (Wildman–Crippen LogP) is 2.73. The van der Waals surface area contributed by atoms with Gasteiger partial charge in [0.15, 0.2) is 5.11 Å². The summed E-state index contributed by atoms with van der Waals surface area (Å²) in [5.41, 5.74) is 2.60. The van der Waals surface area contributed by atoms with Crippen LogP contribution in [0.25, 0.3) is 6.08 Å². The van der Waals surface area contributed by atoms with E-state index in [0.29, 0.717) is 11.4 Å². The van der Waals surface area contributed by atoms with Crippen LogP contribution in [0.15, 0.2) is 46.6 Å². The van der Waals surface area contributed by atoms with Gasteiger partial charge in [0.2, 0.25) is 0 Å². The minimum Gasteiger partial charge on any atom is -0.465 e. The minimum atomic E-state index is -0.530. The summed E-state index contributed by atoms with van der Waals surface area (Å²) in [5, 5.41) is 2.63. The Morgan fingerprint density at radius 3 is 2.65 bits per heavy atom. The number of carbonyl (C=O) groups is 2. The highest BCUT2D eigenvalue weighted by atomic mass is 32.1. The third-order valence-corrected chi connectivity index (χ3v) is 4.03. The summed E-state index contributed by atoms with van der Waals surface area (Å²) >= 11 is 5.19. The lowest BCUT2D eigenvalue weighted by Gasteiger charge is -2.30. The minimum absolute atomic E-state index is 0.0190. The Labute approximate surface area is 138 Å². The number of nitrogens with one attached hydrogen (secondary N) is 1. The number of thiocarbonyl (C=S) groups is 1. The van der Waals surface area contributed by atoms with Gasteiger partial charge in [0.05, 0.1) is 12.0 Å². The van der Waals surface area contributed by atoms with E-state index in [2.05, 4.69) is 5.32 Å². The van der Waals surface area contributed by atoms with Crippen LogP contribution in [0.4, 0.5) is 5.69 Å². The lowest BCUT2D eigenvalue weighted by atomic mass is 10.0. The van der Waals surface area contributed by atoms with Gasteiger partial charge in [-0.3, -0.25) is 19.8 Å². The summed E-state index contributed by atoms with van der Waals surface area (Å²) in [4.78, 5) is 26.3. The van der Waals surface area contributed by atoms with Gasteiger partial charge in [-0.05, 0) is 61.5 Å². The molecule has 1 N–H and O–H groups in total. The topological polar surface area (TPSA) is 62.6 Å². The van der Waals surface area contributed by atoms with Crippen LogP contribution in [0.2, 0.25) is 0 Å².